The monoisotopic (exact) mass is 265 g/mol. The molecular formula is C11H14ClF2NO2. The molecule has 1 atom stereocenters. The van der Waals surface area contributed by atoms with E-state index in [1.807, 2.05) is 0 Å². The van der Waals surface area contributed by atoms with Gasteiger partial charge >= 0.3 is 0 Å². The van der Waals surface area contributed by atoms with Crippen LogP contribution in [0.25, 0.3) is 0 Å². The molecule has 6 heteroatoms. The topological polar surface area (TPSA) is 52.5 Å². The van der Waals surface area contributed by atoms with Crippen LogP contribution in [0.5, 0.6) is 0 Å². The molecule has 1 rings (SSSR count). The maximum absolute atomic E-state index is 12.7. The molecule has 0 heterocycles. The van der Waals surface area contributed by atoms with Gasteiger partial charge in [0.1, 0.15) is 6.61 Å². The van der Waals surface area contributed by atoms with Gasteiger partial charge in [-0.1, -0.05) is 29.8 Å². The van der Waals surface area contributed by atoms with E-state index in [1.165, 1.54) is 0 Å². The van der Waals surface area contributed by atoms with Crippen molar-refractivity contribution in [1.29, 1.82) is 0 Å². The molecule has 0 aliphatic carbocycles. The zero-order valence-electron chi connectivity index (χ0n) is 9.04. The minimum Gasteiger partial charge on any atom is -0.390 e. The number of alkyl halides is 2. The van der Waals surface area contributed by atoms with Gasteiger partial charge in [0.05, 0.1) is 12.6 Å². The Labute approximate surface area is 103 Å². The van der Waals surface area contributed by atoms with Crippen molar-refractivity contribution in [2.45, 2.75) is 12.0 Å². The number of hydrogen-bond donors (Lipinski definition) is 3. The van der Waals surface area contributed by atoms with E-state index >= 15 is 0 Å². The van der Waals surface area contributed by atoms with E-state index in [0.29, 0.717) is 10.6 Å². The third-order valence-electron chi connectivity index (χ3n) is 2.22. The average molecular weight is 266 g/mol. The van der Waals surface area contributed by atoms with Crippen molar-refractivity contribution in [2.24, 2.45) is 0 Å². The highest BCUT2D eigenvalue weighted by atomic mass is 35.5. The predicted octanol–water partition coefficient (Wildman–Crippen LogP) is 1.59. The molecule has 0 radical (unpaired) electrons. The number of benzene rings is 1. The lowest BCUT2D eigenvalue weighted by Crippen LogP contribution is -2.37. The second-order valence-electron chi connectivity index (χ2n) is 3.68. The van der Waals surface area contributed by atoms with Crippen LogP contribution in [0.1, 0.15) is 11.7 Å². The van der Waals surface area contributed by atoms with Crippen molar-refractivity contribution in [2.75, 3.05) is 19.7 Å². The summed E-state index contributed by atoms with van der Waals surface area (Å²) in [5.41, 5.74) is 0.481. The first-order valence-corrected chi connectivity index (χ1v) is 5.46. The molecule has 17 heavy (non-hydrogen) atoms. The summed E-state index contributed by atoms with van der Waals surface area (Å²) in [4.78, 5) is 0. The third-order valence-corrected chi connectivity index (χ3v) is 2.56. The first-order chi connectivity index (χ1) is 7.96. The Morgan fingerprint density at radius 1 is 1.35 bits per heavy atom. The Bertz CT molecular complexity index is 363. The third kappa shape index (κ3) is 4.55. The molecule has 3 N–H and O–H groups in total. The Morgan fingerprint density at radius 3 is 2.59 bits per heavy atom. The van der Waals surface area contributed by atoms with E-state index in [0.717, 1.165) is 0 Å². The summed E-state index contributed by atoms with van der Waals surface area (Å²) >= 11 is 5.84. The first-order valence-electron chi connectivity index (χ1n) is 5.08. The van der Waals surface area contributed by atoms with Crippen LogP contribution in [0.2, 0.25) is 5.02 Å². The molecule has 1 aromatic rings. The fourth-order valence-electron chi connectivity index (χ4n) is 1.30. The Morgan fingerprint density at radius 2 is 2.00 bits per heavy atom. The van der Waals surface area contributed by atoms with Gasteiger partial charge in [-0.2, -0.15) is 0 Å². The molecule has 0 aliphatic rings. The lowest BCUT2D eigenvalue weighted by molar-refractivity contribution is -0.0488. The SMILES string of the molecule is OCC(F)(F)CNCC(O)c1ccccc1Cl. The predicted molar refractivity (Wildman–Crippen MR) is 61.3 cm³/mol. The van der Waals surface area contributed by atoms with Gasteiger partial charge in [0.2, 0.25) is 0 Å². The highest BCUT2D eigenvalue weighted by Crippen LogP contribution is 2.22. The number of aliphatic hydroxyl groups is 2. The van der Waals surface area contributed by atoms with E-state index in [2.05, 4.69) is 5.32 Å². The summed E-state index contributed by atoms with van der Waals surface area (Å²) in [6.07, 6.45) is -0.960. The fraction of sp³-hybridized carbons (Fsp3) is 0.455. The van der Waals surface area contributed by atoms with Crippen molar-refractivity contribution in [3.63, 3.8) is 0 Å². The standard InChI is InChI=1S/C11H14ClF2NO2/c12-9-4-2-1-3-8(9)10(17)5-15-6-11(13,14)7-16/h1-4,10,15-17H,5-7H2. The summed E-state index contributed by atoms with van der Waals surface area (Å²) < 4.78 is 25.3. The average Bonchev–Trinajstić information content (AvgIpc) is 2.29. The summed E-state index contributed by atoms with van der Waals surface area (Å²) in [6, 6.07) is 6.65. The normalized spacial score (nSPS) is 13.7. The van der Waals surface area contributed by atoms with E-state index in [4.69, 9.17) is 16.7 Å². The van der Waals surface area contributed by atoms with E-state index in [1.54, 1.807) is 24.3 Å². The second kappa shape index (κ2) is 6.26. The molecule has 1 aromatic carbocycles. The van der Waals surface area contributed by atoms with Crippen LogP contribution in [0.15, 0.2) is 24.3 Å². The molecule has 0 fully saturated rings. The Kier molecular flexibility index (Phi) is 5.27. The molecule has 0 saturated heterocycles. The van der Waals surface area contributed by atoms with Crippen LogP contribution < -0.4 is 5.32 Å². The van der Waals surface area contributed by atoms with Crippen molar-refractivity contribution in [3.05, 3.63) is 34.9 Å². The van der Waals surface area contributed by atoms with Gasteiger partial charge in [-0.25, -0.2) is 8.78 Å². The minimum absolute atomic E-state index is 0.0562. The van der Waals surface area contributed by atoms with Crippen molar-refractivity contribution in [1.82, 2.24) is 5.32 Å². The van der Waals surface area contributed by atoms with Crippen molar-refractivity contribution < 1.29 is 19.0 Å². The number of hydrogen-bond acceptors (Lipinski definition) is 3. The lowest BCUT2D eigenvalue weighted by Gasteiger charge is -2.17. The zero-order valence-corrected chi connectivity index (χ0v) is 9.79. The number of nitrogens with one attached hydrogen (secondary N) is 1. The van der Waals surface area contributed by atoms with E-state index in [9.17, 15) is 13.9 Å². The molecule has 0 spiro atoms. The maximum atomic E-state index is 12.7. The zero-order chi connectivity index (χ0) is 12.9. The summed E-state index contributed by atoms with van der Waals surface area (Å²) in [7, 11) is 0. The van der Waals surface area contributed by atoms with Gasteiger partial charge in [0.15, 0.2) is 0 Å². The van der Waals surface area contributed by atoms with Crippen molar-refractivity contribution >= 4 is 11.6 Å². The van der Waals surface area contributed by atoms with Gasteiger partial charge in [0.25, 0.3) is 5.92 Å². The highest BCUT2D eigenvalue weighted by Gasteiger charge is 2.27. The number of aliphatic hydroxyl groups excluding tert-OH is 2. The molecule has 0 amide bonds. The smallest absolute Gasteiger partial charge is 0.282 e. The van der Waals surface area contributed by atoms with Crippen molar-refractivity contribution in [3.8, 4) is 0 Å². The van der Waals surface area contributed by atoms with Crippen LogP contribution in [0, 0.1) is 0 Å². The minimum atomic E-state index is -3.18. The summed E-state index contributed by atoms with van der Waals surface area (Å²) in [5.74, 6) is -3.18. The van der Waals surface area contributed by atoms with Crippen LogP contribution in [-0.4, -0.2) is 35.8 Å². The molecular weight excluding hydrogens is 252 g/mol. The van der Waals surface area contributed by atoms with Gasteiger partial charge < -0.3 is 15.5 Å². The van der Waals surface area contributed by atoms with Gasteiger partial charge in [-0.05, 0) is 6.07 Å². The van der Waals surface area contributed by atoms with Crippen LogP contribution in [0.3, 0.4) is 0 Å². The van der Waals surface area contributed by atoms with Gasteiger partial charge in [0, 0.05) is 17.1 Å². The molecule has 0 aromatic heterocycles. The second-order valence-corrected chi connectivity index (χ2v) is 4.09. The maximum Gasteiger partial charge on any atom is 0.282 e. The largest absolute Gasteiger partial charge is 0.390 e. The van der Waals surface area contributed by atoms with Crippen LogP contribution >= 0.6 is 11.6 Å². The van der Waals surface area contributed by atoms with Crippen LogP contribution in [0.4, 0.5) is 8.78 Å². The first kappa shape index (κ1) is 14.3. The quantitative estimate of drug-likeness (QED) is 0.732. The Balaban J connectivity index is 2.46. The summed E-state index contributed by atoms with van der Waals surface area (Å²) in [6.45, 7) is -1.97. The van der Waals surface area contributed by atoms with E-state index < -0.39 is 25.2 Å². The molecule has 0 bridgehead atoms. The van der Waals surface area contributed by atoms with Crippen LogP contribution in [-0.2, 0) is 0 Å². The number of rotatable bonds is 6. The number of halogens is 3. The van der Waals surface area contributed by atoms with Gasteiger partial charge in [-0.3, -0.25) is 0 Å². The Hall–Kier alpha value is -0.750. The van der Waals surface area contributed by atoms with Gasteiger partial charge in [-0.15, -0.1) is 0 Å². The molecule has 96 valence electrons. The summed E-state index contributed by atoms with van der Waals surface area (Å²) in [5, 5.41) is 20.8. The molecule has 0 saturated carbocycles. The molecule has 0 aliphatic heterocycles. The lowest BCUT2D eigenvalue weighted by atomic mass is 10.1. The highest BCUT2D eigenvalue weighted by molar-refractivity contribution is 6.31. The molecule has 3 nitrogen and oxygen atoms in total. The van der Waals surface area contributed by atoms with E-state index in [-0.39, 0.29) is 6.54 Å². The molecule has 1 unspecified atom stereocenters. The fourth-order valence-corrected chi connectivity index (χ4v) is 1.56.